The van der Waals surface area contributed by atoms with Gasteiger partial charge in [0.15, 0.2) is 8.46 Å². The highest BCUT2D eigenvalue weighted by Crippen LogP contribution is 2.02. The third kappa shape index (κ3) is 9.97. The van der Waals surface area contributed by atoms with E-state index in [-0.39, 0.29) is 20.6 Å². The van der Waals surface area contributed by atoms with Gasteiger partial charge in [0, 0.05) is 5.57 Å². The van der Waals surface area contributed by atoms with Crippen molar-refractivity contribution in [3.05, 3.63) is 12.2 Å². The molecule has 0 radical (unpaired) electrons. The number of rotatable bonds is 10. The van der Waals surface area contributed by atoms with Crippen LogP contribution in [0.2, 0.25) is 0 Å². The van der Waals surface area contributed by atoms with Crippen LogP contribution in [0.1, 0.15) is 32.6 Å². The second-order valence-electron chi connectivity index (χ2n) is 3.84. The molecule has 0 aromatic rings. The molecule has 0 saturated heterocycles. The van der Waals surface area contributed by atoms with Crippen LogP contribution in [-0.2, 0) is 23.6 Å². The summed E-state index contributed by atoms with van der Waals surface area (Å²) in [4.78, 5) is 21.8. The van der Waals surface area contributed by atoms with Crippen molar-refractivity contribution in [2.24, 2.45) is 0 Å². The molecule has 0 spiro atoms. The van der Waals surface area contributed by atoms with E-state index in [1.165, 1.54) is 0 Å². The molecule has 0 N–H and O–H groups in total. The Morgan fingerprint density at radius 3 is 2.11 bits per heavy atom. The first-order valence-corrected chi connectivity index (χ1v) is 6.85. The van der Waals surface area contributed by atoms with Crippen LogP contribution in [0.25, 0.3) is 0 Å². The predicted octanol–water partition coefficient (Wildman–Crippen LogP) is 2.50. The van der Waals surface area contributed by atoms with Gasteiger partial charge in [-0.05, 0) is 32.6 Å². The largest absolute Gasteiger partial charge is 0.465 e. The molecule has 0 amide bonds. The van der Waals surface area contributed by atoms with E-state index in [0.717, 1.165) is 25.7 Å². The van der Waals surface area contributed by atoms with Crippen molar-refractivity contribution < 1.29 is 23.6 Å². The van der Waals surface area contributed by atoms with Crippen LogP contribution in [0.3, 0.4) is 0 Å². The summed E-state index contributed by atoms with van der Waals surface area (Å²) >= 11 is 0. The second-order valence-corrected chi connectivity index (χ2v) is 4.41. The average Bonchev–Trinajstić information content (AvgIpc) is 2.32. The van der Waals surface area contributed by atoms with Gasteiger partial charge < -0.3 is 9.47 Å². The minimum atomic E-state index is -0.443. The van der Waals surface area contributed by atoms with Crippen LogP contribution < -0.4 is 0 Å². The number of ether oxygens (including phenoxy) is 2. The van der Waals surface area contributed by atoms with Gasteiger partial charge in [-0.2, -0.15) is 0 Å². The first-order chi connectivity index (χ1) is 8.57. The summed E-state index contributed by atoms with van der Waals surface area (Å²) < 4.78 is 19.8. The molecule has 0 atom stereocenters. The van der Waals surface area contributed by atoms with E-state index in [2.05, 4.69) is 6.58 Å². The summed E-state index contributed by atoms with van der Waals surface area (Å²) in [5, 5.41) is 0. The van der Waals surface area contributed by atoms with E-state index in [9.17, 15) is 14.2 Å². The van der Waals surface area contributed by atoms with E-state index < -0.39 is 5.97 Å². The molecule has 0 aromatic carbocycles. The third-order valence-corrected chi connectivity index (χ3v) is 2.46. The van der Waals surface area contributed by atoms with Gasteiger partial charge in [-0.25, -0.2) is 4.79 Å². The zero-order chi connectivity index (χ0) is 13.8. The first kappa shape index (κ1) is 16.8. The minimum Gasteiger partial charge on any atom is -0.465 e. The molecule has 0 aliphatic heterocycles. The van der Waals surface area contributed by atoms with Crippen molar-refractivity contribution in [1.29, 1.82) is 0 Å². The van der Waals surface area contributed by atoms with Crippen molar-refractivity contribution in [2.75, 3.05) is 19.4 Å². The molecule has 0 aliphatic carbocycles. The molecule has 102 valence electrons. The van der Waals surface area contributed by atoms with Gasteiger partial charge in [0.1, 0.15) is 6.16 Å². The average molecular weight is 274 g/mol. The Balaban J connectivity index is 3.26. The Hall–Kier alpha value is -1.22. The van der Waals surface area contributed by atoms with E-state index in [4.69, 9.17) is 9.47 Å². The monoisotopic (exact) mass is 274 g/mol. The van der Waals surface area contributed by atoms with Crippen molar-refractivity contribution in [3.8, 4) is 0 Å². The fourth-order valence-electron chi connectivity index (χ4n) is 1.13. The van der Waals surface area contributed by atoms with Crippen molar-refractivity contribution in [2.45, 2.75) is 32.6 Å². The van der Waals surface area contributed by atoms with Gasteiger partial charge in [-0.15, -0.1) is 0 Å². The first-order valence-electron chi connectivity index (χ1n) is 5.85. The lowest BCUT2D eigenvalue weighted by Crippen LogP contribution is -2.07. The number of unbranched alkanes of at least 4 members (excludes halogenated alkanes) is 3. The van der Waals surface area contributed by atoms with E-state index in [1.54, 1.807) is 6.92 Å². The number of esters is 2. The lowest BCUT2D eigenvalue weighted by molar-refractivity contribution is -0.141. The summed E-state index contributed by atoms with van der Waals surface area (Å²) in [6, 6.07) is 0. The number of carbonyl (C=O) groups is 2. The van der Waals surface area contributed by atoms with Crippen LogP contribution in [0.4, 0.5) is 0 Å². The molecule has 18 heavy (non-hydrogen) atoms. The molecule has 5 nitrogen and oxygen atoms in total. The molecule has 0 unspecified atom stereocenters. The standard InChI is InChI=1S/C12H19O5P/c1-10(2)12(14)17-8-6-4-3-5-7-16-11(13)9-18-15/h1,3-9H2,2H3. The Kier molecular flexibility index (Phi) is 10.2. The molecule has 0 heterocycles. The molecule has 0 aromatic heterocycles. The van der Waals surface area contributed by atoms with Gasteiger partial charge in [0.25, 0.3) is 0 Å². The second kappa shape index (κ2) is 10.9. The van der Waals surface area contributed by atoms with E-state index >= 15 is 0 Å². The van der Waals surface area contributed by atoms with E-state index in [1.807, 2.05) is 0 Å². The molecule has 0 rings (SSSR count). The quantitative estimate of drug-likeness (QED) is 0.265. The van der Waals surface area contributed by atoms with E-state index in [0.29, 0.717) is 18.8 Å². The van der Waals surface area contributed by atoms with Gasteiger partial charge in [-0.1, -0.05) is 6.58 Å². The Labute approximate surface area is 109 Å². The maximum atomic E-state index is 11.0. The minimum absolute atomic E-state index is 0.0865. The van der Waals surface area contributed by atoms with Crippen LogP contribution >= 0.6 is 8.46 Å². The summed E-state index contributed by atoms with van der Waals surface area (Å²) in [6.45, 7) is 5.83. The van der Waals surface area contributed by atoms with Crippen molar-refractivity contribution in [1.82, 2.24) is 0 Å². The zero-order valence-corrected chi connectivity index (χ0v) is 11.5. The molecule has 0 aliphatic rings. The lowest BCUT2D eigenvalue weighted by Gasteiger charge is -2.04. The molecule has 0 bridgehead atoms. The summed E-state index contributed by atoms with van der Waals surface area (Å²) in [7, 11) is -0.213. The van der Waals surface area contributed by atoms with Crippen molar-refractivity contribution in [3.63, 3.8) is 0 Å². The molecular weight excluding hydrogens is 255 g/mol. The molecule has 6 heteroatoms. The fraction of sp³-hybridized carbons (Fsp3) is 0.667. The summed E-state index contributed by atoms with van der Waals surface area (Å²) in [6.07, 6.45) is 3.26. The lowest BCUT2D eigenvalue weighted by atomic mass is 10.2. The van der Waals surface area contributed by atoms with Gasteiger partial charge >= 0.3 is 11.9 Å². The normalized spacial score (nSPS) is 10.1. The Morgan fingerprint density at radius 1 is 1.06 bits per heavy atom. The number of hydrogen-bond acceptors (Lipinski definition) is 5. The molecule has 0 saturated carbocycles. The van der Waals surface area contributed by atoms with Crippen molar-refractivity contribution >= 4 is 20.4 Å². The number of carbonyl (C=O) groups excluding carboxylic acids is 2. The molecular formula is C12H19O5P. The summed E-state index contributed by atoms with van der Waals surface area (Å²) in [5.41, 5.74) is 0.402. The zero-order valence-electron chi connectivity index (χ0n) is 10.6. The summed E-state index contributed by atoms with van der Waals surface area (Å²) in [5.74, 6) is -0.803. The van der Waals surface area contributed by atoms with Gasteiger partial charge in [0.05, 0.1) is 13.2 Å². The maximum Gasteiger partial charge on any atom is 0.333 e. The highest BCUT2D eigenvalue weighted by molar-refractivity contribution is 7.25. The Morgan fingerprint density at radius 2 is 1.61 bits per heavy atom. The highest BCUT2D eigenvalue weighted by Gasteiger charge is 2.03. The number of hydrogen-bond donors (Lipinski definition) is 0. The van der Waals surface area contributed by atoms with Crippen LogP contribution in [0, 0.1) is 0 Å². The van der Waals surface area contributed by atoms with Crippen LogP contribution in [0.5, 0.6) is 0 Å². The highest BCUT2D eigenvalue weighted by atomic mass is 31.1. The SMILES string of the molecule is C=C(C)C(=O)OCCCCCCOC(=O)CP=O. The third-order valence-electron chi connectivity index (χ3n) is 2.08. The topological polar surface area (TPSA) is 69.7 Å². The Bertz CT molecular complexity index is 301. The molecule has 0 fully saturated rings. The van der Waals surface area contributed by atoms with Crippen LogP contribution in [0.15, 0.2) is 12.2 Å². The van der Waals surface area contributed by atoms with Gasteiger partial charge in [0.2, 0.25) is 0 Å². The predicted molar refractivity (Wildman–Crippen MR) is 67.7 cm³/mol. The fourth-order valence-corrected chi connectivity index (χ4v) is 1.33. The maximum absolute atomic E-state index is 11.0. The smallest absolute Gasteiger partial charge is 0.333 e. The van der Waals surface area contributed by atoms with Gasteiger partial charge in [-0.3, -0.25) is 9.36 Å². The van der Waals surface area contributed by atoms with Crippen LogP contribution in [-0.4, -0.2) is 31.3 Å².